The van der Waals surface area contributed by atoms with Crippen LogP contribution in [0.15, 0.2) is 0 Å². The molecule has 0 aromatic rings. The number of nitrogens with zero attached hydrogens (tertiary/aromatic N) is 1. The van der Waals surface area contributed by atoms with Crippen molar-refractivity contribution in [1.29, 1.82) is 0 Å². The van der Waals surface area contributed by atoms with E-state index in [4.69, 9.17) is 16.2 Å². The highest BCUT2D eigenvalue weighted by Crippen LogP contribution is 2.53. The Morgan fingerprint density at radius 3 is 2.00 bits per heavy atom. The first-order chi connectivity index (χ1) is 18.1. The van der Waals surface area contributed by atoms with E-state index in [0.29, 0.717) is 31.8 Å². The minimum Gasteiger partial charge on any atom is -0.463 e. The predicted octanol–water partition coefficient (Wildman–Crippen LogP) is 5.02. The molecule has 4 N–H and O–H groups in total. The summed E-state index contributed by atoms with van der Waals surface area (Å²) in [5, 5.41) is 1.41. The Kier molecular flexibility index (Phi) is 18.5. The standard InChI is InChI=1S/C10H16N2O3S.C6H11NS2.C6H10O2.C5H12/c11-8(13)4-2-1-3-5-12-9(14)6-7(16)10(12)15;7-4-1-2-5-6(3-4)9-8-5;1-5(7)8-6-3-2-4-6;1-3-5-4-2/h7,16H,1-6H2,(H2,11,13);4-6H,1-3,7H2;6H,2-4H2,1H3;3-5H2,1-2H3. The number of esters is 1. The molecule has 2 aliphatic heterocycles. The van der Waals surface area contributed by atoms with Crippen molar-refractivity contribution in [2.75, 3.05) is 6.54 Å². The maximum Gasteiger partial charge on any atom is 0.302 e. The number of imide groups is 1. The molecule has 2 saturated carbocycles. The Labute approximate surface area is 242 Å². The number of hydrogen-bond donors (Lipinski definition) is 3. The van der Waals surface area contributed by atoms with E-state index in [2.05, 4.69) is 37.3 Å². The van der Waals surface area contributed by atoms with E-state index >= 15 is 0 Å². The van der Waals surface area contributed by atoms with Crippen LogP contribution < -0.4 is 11.5 Å². The van der Waals surface area contributed by atoms with Crippen LogP contribution in [0.3, 0.4) is 0 Å². The lowest BCUT2D eigenvalue weighted by atomic mass is 9.95. The molecule has 3 amide bonds. The van der Waals surface area contributed by atoms with Gasteiger partial charge in [0.25, 0.3) is 0 Å². The zero-order chi connectivity index (χ0) is 28.5. The second kappa shape index (κ2) is 20.0. The highest BCUT2D eigenvalue weighted by molar-refractivity contribution is 8.80. The van der Waals surface area contributed by atoms with Gasteiger partial charge in [0.15, 0.2) is 0 Å². The van der Waals surface area contributed by atoms with Gasteiger partial charge in [0, 0.05) is 42.9 Å². The van der Waals surface area contributed by atoms with Gasteiger partial charge in [0.05, 0.1) is 5.25 Å². The van der Waals surface area contributed by atoms with Crippen LogP contribution in [0.2, 0.25) is 0 Å². The van der Waals surface area contributed by atoms with Crippen LogP contribution in [0.5, 0.6) is 0 Å². The van der Waals surface area contributed by atoms with E-state index in [0.717, 1.165) is 29.8 Å². The van der Waals surface area contributed by atoms with Gasteiger partial charge in [0.2, 0.25) is 17.7 Å². The minimum atomic E-state index is -0.474. The maximum atomic E-state index is 11.4. The number of ether oxygens (including phenoxy) is 1. The van der Waals surface area contributed by atoms with Crippen molar-refractivity contribution < 1.29 is 23.9 Å². The normalized spacial score (nSPS) is 25.7. The molecule has 0 aromatic carbocycles. The van der Waals surface area contributed by atoms with Crippen molar-refractivity contribution in [3.63, 3.8) is 0 Å². The third kappa shape index (κ3) is 14.5. The molecule has 0 spiro atoms. The summed E-state index contributed by atoms with van der Waals surface area (Å²) >= 11 is 4.02. The first-order valence-corrected chi connectivity index (χ1v) is 16.9. The van der Waals surface area contributed by atoms with E-state index < -0.39 is 5.25 Å². The number of amides is 3. The van der Waals surface area contributed by atoms with Crippen LogP contribution in [-0.4, -0.2) is 63.0 Å². The molecular weight excluding hydrogens is 543 g/mol. The fraction of sp³-hybridized carbons (Fsp3) is 0.852. The lowest BCUT2D eigenvalue weighted by Crippen LogP contribution is -2.40. The highest BCUT2D eigenvalue weighted by atomic mass is 33.1. The highest BCUT2D eigenvalue weighted by Gasteiger charge is 2.37. The van der Waals surface area contributed by atoms with E-state index in [1.807, 2.05) is 10.8 Å². The van der Waals surface area contributed by atoms with Gasteiger partial charge in [-0.05, 0) is 51.4 Å². The number of carbonyl (C=O) groups is 4. The lowest BCUT2D eigenvalue weighted by molar-refractivity contribution is -0.150. The Hall–Kier alpha value is -0.910. The van der Waals surface area contributed by atoms with E-state index in [1.54, 1.807) is 0 Å². The van der Waals surface area contributed by atoms with Crippen LogP contribution in [0, 0.1) is 0 Å². The van der Waals surface area contributed by atoms with Crippen molar-refractivity contribution in [3.8, 4) is 0 Å². The summed E-state index contributed by atoms with van der Waals surface area (Å²) in [6.45, 7) is 6.30. The molecule has 11 heteroatoms. The molecule has 2 saturated heterocycles. The topological polar surface area (TPSA) is 133 Å². The molecule has 0 aromatic heterocycles. The van der Waals surface area contributed by atoms with Gasteiger partial charge >= 0.3 is 5.97 Å². The summed E-state index contributed by atoms with van der Waals surface area (Å²) in [7, 11) is 4.08. The number of fused-ring (bicyclic) bond motifs is 1. The van der Waals surface area contributed by atoms with Crippen LogP contribution in [0.4, 0.5) is 0 Å². The van der Waals surface area contributed by atoms with Gasteiger partial charge < -0.3 is 16.2 Å². The molecule has 4 unspecified atom stereocenters. The fourth-order valence-electron chi connectivity index (χ4n) is 4.16. The van der Waals surface area contributed by atoms with Gasteiger partial charge in [-0.15, -0.1) is 0 Å². The number of primary amides is 1. The van der Waals surface area contributed by atoms with Gasteiger partial charge in [-0.2, -0.15) is 12.6 Å². The quantitative estimate of drug-likeness (QED) is 0.112. The number of carbonyl (C=O) groups excluding carboxylic acids is 4. The van der Waals surface area contributed by atoms with E-state index in [9.17, 15) is 19.2 Å². The third-order valence-corrected chi connectivity index (χ3v) is 10.8. The van der Waals surface area contributed by atoms with Crippen molar-refractivity contribution in [2.24, 2.45) is 11.5 Å². The molecule has 0 bridgehead atoms. The Bertz CT molecular complexity index is 737. The molecule has 2 aliphatic carbocycles. The third-order valence-electron chi connectivity index (χ3n) is 6.69. The average molecular weight is 592 g/mol. The van der Waals surface area contributed by atoms with Gasteiger partial charge in [-0.25, -0.2) is 0 Å². The summed E-state index contributed by atoms with van der Waals surface area (Å²) in [6, 6.07) is 0.514. The molecule has 2 heterocycles. The monoisotopic (exact) mass is 591 g/mol. The number of rotatable bonds is 9. The Morgan fingerprint density at radius 1 is 1.00 bits per heavy atom. The molecule has 0 radical (unpaired) electrons. The molecule has 4 fully saturated rings. The molecule has 8 nitrogen and oxygen atoms in total. The summed E-state index contributed by atoms with van der Waals surface area (Å²) in [4.78, 5) is 44.7. The summed E-state index contributed by atoms with van der Waals surface area (Å²) < 4.78 is 4.85. The zero-order valence-corrected chi connectivity index (χ0v) is 25.9. The molecule has 4 aliphatic rings. The first-order valence-electron chi connectivity index (χ1n) is 14.1. The van der Waals surface area contributed by atoms with E-state index in [-0.39, 0.29) is 36.2 Å². The largest absolute Gasteiger partial charge is 0.463 e. The zero-order valence-electron chi connectivity index (χ0n) is 23.4. The molecule has 4 atom stereocenters. The number of hydrogen-bond acceptors (Lipinski definition) is 9. The van der Waals surface area contributed by atoms with Crippen molar-refractivity contribution in [1.82, 2.24) is 4.90 Å². The number of nitrogens with two attached hydrogens (primary N) is 2. The Balaban J connectivity index is 0.000000277. The van der Waals surface area contributed by atoms with Crippen molar-refractivity contribution in [3.05, 3.63) is 0 Å². The molecule has 220 valence electrons. The van der Waals surface area contributed by atoms with Crippen LogP contribution in [-0.2, 0) is 23.9 Å². The van der Waals surface area contributed by atoms with E-state index in [1.165, 1.54) is 56.8 Å². The number of likely N-dealkylation sites (tertiary alicyclic amines) is 1. The summed E-state index contributed by atoms with van der Waals surface area (Å²) in [5.41, 5.74) is 10.8. The first kappa shape index (κ1) is 35.1. The van der Waals surface area contributed by atoms with Gasteiger partial charge in [-0.3, -0.25) is 24.1 Å². The second-order valence-corrected chi connectivity index (χ2v) is 13.6. The van der Waals surface area contributed by atoms with Crippen molar-refractivity contribution >= 4 is 57.9 Å². The average Bonchev–Trinajstić information content (AvgIpc) is 3.06. The molecular formula is C27H49N3O5S3. The minimum absolute atomic E-state index is 0.144. The van der Waals surface area contributed by atoms with Crippen molar-refractivity contribution in [2.45, 2.75) is 139 Å². The molecule has 4 rings (SSSR count). The smallest absolute Gasteiger partial charge is 0.302 e. The predicted molar refractivity (Wildman–Crippen MR) is 161 cm³/mol. The number of unbranched alkanes of at least 4 members (excludes halogenated alkanes) is 4. The second-order valence-electron chi connectivity index (χ2n) is 10.2. The summed E-state index contributed by atoms with van der Waals surface area (Å²) in [6.07, 6.45) is 14.3. The fourth-order valence-corrected chi connectivity index (χ4v) is 7.48. The number of thiol groups is 1. The van der Waals surface area contributed by atoms with Crippen LogP contribution >= 0.6 is 34.2 Å². The SMILES string of the molecule is CC(=O)OC1CCC1.CCCCC.NC(=O)CCCCCN1C(=O)CC(S)C1=O.NC1CCC2SSC2C1. The van der Waals surface area contributed by atoms with Crippen LogP contribution in [0.25, 0.3) is 0 Å². The maximum absolute atomic E-state index is 11.4. The lowest BCUT2D eigenvalue weighted by Gasteiger charge is -2.40. The van der Waals surface area contributed by atoms with Gasteiger partial charge in [-0.1, -0.05) is 61.1 Å². The van der Waals surface area contributed by atoms with Gasteiger partial charge in [0.1, 0.15) is 6.10 Å². The molecule has 38 heavy (non-hydrogen) atoms. The Morgan fingerprint density at radius 2 is 1.66 bits per heavy atom. The summed E-state index contributed by atoms with van der Waals surface area (Å²) in [5.74, 6) is -0.818. The van der Waals surface area contributed by atoms with Crippen LogP contribution in [0.1, 0.15) is 111 Å².